The molecule has 1 amide bonds. The Balaban J connectivity index is 2.45. The van der Waals surface area contributed by atoms with Crippen molar-refractivity contribution in [3.05, 3.63) is 24.3 Å². The molecule has 1 heterocycles. The number of rotatable bonds is 1. The predicted molar refractivity (Wildman–Crippen MR) is 59.7 cm³/mol. The zero-order valence-electron chi connectivity index (χ0n) is 8.30. The first-order valence-corrected chi connectivity index (χ1v) is 5.56. The number of carbonyl (C=O) groups is 1. The van der Waals surface area contributed by atoms with Crippen molar-refractivity contribution in [2.45, 2.75) is 17.1 Å². The first-order valence-electron chi connectivity index (χ1n) is 4.68. The topological polar surface area (TPSA) is 44.1 Å². The molecule has 4 heteroatoms. The maximum absolute atomic E-state index is 11.8. The number of para-hydroxylation sites is 1. The Kier molecular flexibility index (Phi) is 2.65. The van der Waals surface area contributed by atoms with E-state index in [1.807, 2.05) is 37.3 Å². The third-order valence-corrected chi connectivity index (χ3v) is 3.46. The molecule has 0 aromatic heterocycles. The molecular formula is C11H10N2OS. The summed E-state index contributed by atoms with van der Waals surface area (Å²) in [5.74, 6) is 0.0141. The van der Waals surface area contributed by atoms with Gasteiger partial charge in [-0.1, -0.05) is 12.1 Å². The molecule has 1 aliphatic rings. The van der Waals surface area contributed by atoms with Crippen molar-refractivity contribution in [3.63, 3.8) is 0 Å². The summed E-state index contributed by atoms with van der Waals surface area (Å²) in [4.78, 5) is 14.5. The predicted octanol–water partition coefficient (Wildman–Crippen LogP) is 2.04. The molecule has 1 unspecified atom stereocenters. The third kappa shape index (κ3) is 1.71. The second kappa shape index (κ2) is 3.95. The zero-order chi connectivity index (χ0) is 10.8. The van der Waals surface area contributed by atoms with Crippen LogP contribution in [0.5, 0.6) is 0 Å². The number of carbonyl (C=O) groups excluding carboxylic acids is 1. The summed E-state index contributed by atoms with van der Waals surface area (Å²) < 4.78 is 0. The molecule has 0 spiro atoms. The Morgan fingerprint density at radius 2 is 2.27 bits per heavy atom. The van der Waals surface area contributed by atoms with Crippen molar-refractivity contribution in [1.29, 1.82) is 5.26 Å². The van der Waals surface area contributed by atoms with Crippen molar-refractivity contribution >= 4 is 23.4 Å². The van der Waals surface area contributed by atoms with Crippen LogP contribution in [0, 0.1) is 11.3 Å². The number of benzene rings is 1. The molecule has 0 bridgehead atoms. The highest BCUT2D eigenvalue weighted by molar-refractivity contribution is 8.00. The molecule has 0 fully saturated rings. The first kappa shape index (κ1) is 10.1. The Morgan fingerprint density at radius 1 is 1.53 bits per heavy atom. The number of hydrogen-bond acceptors (Lipinski definition) is 3. The lowest BCUT2D eigenvalue weighted by atomic mass is 10.2. The van der Waals surface area contributed by atoms with Crippen molar-refractivity contribution in [2.75, 3.05) is 11.4 Å². The van der Waals surface area contributed by atoms with E-state index < -0.39 is 0 Å². The second-order valence-electron chi connectivity index (χ2n) is 3.31. The molecule has 15 heavy (non-hydrogen) atoms. The normalized spacial score (nSPS) is 19.6. The molecule has 1 aliphatic heterocycles. The maximum atomic E-state index is 11.8. The fourth-order valence-corrected chi connectivity index (χ4v) is 2.66. The Hall–Kier alpha value is -1.47. The lowest BCUT2D eigenvalue weighted by molar-refractivity contribution is -0.117. The van der Waals surface area contributed by atoms with Crippen molar-refractivity contribution in [2.24, 2.45) is 0 Å². The fraction of sp³-hybridized carbons (Fsp3) is 0.273. The van der Waals surface area contributed by atoms with Crippen LogP contribution in [0.3, 0.4) is 0 Å². The monoisotopic (exact) mass is 218 g/mol. The number of amides is 1. The van der Waals surface area contributed by atoms with Crippen LogP contribution >= 0.6 is 11.8 Å². The summed E-state index contributed by atoms with van der Waals surface area (Å²) in [6.07, 6.45) is 0. The van der Waals surface area contributed by atoms with Crippen LogP contribution in [0.25, 0.3) is 0 Å². The number of nitriles is 1. The first-order chi connectivity index (χ1) is 7.24. The van der Waals surface area contributed by atoms with Gasteiger partial charge in [-0.3, -0.25) is 9.69 Å². The average molecular weight is 218 g/mol. The van der Waals surface area contributed by atoms with E-state index in [9.17, 15) is 4.79 Å². The van der Waals surface area contributed by atoms with Gasteiger partial charge in [0.25, 0.3) is 0 Å². The molecule has 1 atom stereocenters. The summed E-state index contributed by atoms with van der Waals surface area (Å²) in [6.45, 7) is 1.99. The van der Waals surface area contributed by atoms with E-state index in [4.69, 9.17) is 5.26 Å². The van der Waals surface area contributed by atoms with Crippen molar-refractivity contribution in [3.8, 4) is 6.07 Å². The van der Waals surface area contributed by atoms with Gasteiger partial charge in [-0.05, 0) is 19.1 Å². The standard InChI is InChI=1S/C11H10N2OS/c1-8-11(14)13(7-6-12)9-4-2-3-5-10(9)15-8/h2-5,8H,7H2,1H3. The van der Waals surface area contributed by atoms with Crippen LogP contribution in [-0.2, 0) is 4.79 Å². The lowest BCUT2D eigenvalue weighted by Crippen LogP contribution is -2.39. The van der Waals surface area contributed by atoms with Crippen LogP contribution in [0.1, 0.15) is 6.92 Å². The number of fused-ring (bicyclic) bond motifs is 1. The molecule has 0 saturated carbocycles. The Labute approximate surface area is 92.7 Å². The number of nitrogens with zero attached hydrogens (tertiary/aromatic N) is 2. The van der Waals surface area contributed by atoms with E-state index in [1.54, 1.807) is 16.7 Å². The van der Waals surface area contributed by atoms with Gasteiger partial charge in [-0.25, -0.2) is 0 Å². The quantitative estimate of drug-likeness (QED) is 0.677. The van der Waals surface area contributed by atoms with E-state index in [1.165, 1.54) is 0 Å². The van der Waals surface area contributed by atoms with E-state index in [2.05, 4.69) is 0 Å². The smallest absolute Gasteiger partial charge is 0.241 e. The second-order valence-corrected chi connectivity index (χ2v) is 4.69. The summed E-state index contributed by atoms with van der Waals surface area (Å²) in [7, 11) is 0. The van der Waals surface area contributed by atoms with Gasteiger partial charge in [0.2, 0.25) is 5.91 Å². The molecule has 2 rings (SSSR count). The van der Waals surface area contributed by atoms with Gasteiger partial charge < -0.3 is 0 Å². The molecule has 1 aromatic rings. The zero-order valence-corrected chi connectivity index (χ0v) is 9.12. The van der Waals surface area contributed by atoms with Gasteiger partial charge in [0.05, 0.1) is 17.0 Å². The average Bonchev–Trinajstić information content (AvgIpc) is 2.25. The van der Waals surface area contributed by atoms with Crippen LogP contribution in [0.15, 0.2) is 29.2 Å². The highest BCUT2D eigenvalue weighted by Gasteiger charge is 2.29. The summed E-state index contributed by atoms with van der Waals surface area (Å²) >= 11 is 1.55. The Bertz CT molecular complexity index is 438. The highest BCUT2D eigenvalue weighted by Crippen LogP contribution is 2.38. The van der Waals surface area contributed by atoms with E-state index in [0.717, 1.165) is 10.6 Å². The number of hydrogen-bond donors (Lipinski definition) is 0. The maximum Gasteiger partial charge on any atom is 0.241 e. The molecule has 0 N–H and O–H groups in total. The lowest BCUT2D eigenvalue weighted by Gasteiger charge is -2.30. The van der Waals surface area contributed by atoms with Gasteiger partial charge in [-0.2, -0.15) is 5.26 Å². The van der Waals surface area contributed by atoms with Gasteiger partial charge in [0.1, 0.15) is 6.54 Å². The van der Waals surface area contributed by atoms with Crippen LogP contribution in [-0.4, -0.2) is 17.7 Å². The largest absolute Gasteiger partial charge is 0.297 e. The third-order valence-electron chi connectivity index (χ3n) is 2.30. The fourth-order valence-electron chi connectivity index (χ4n) is 1.59. The Morgan fingerprint density at radius 3 is 3.00 bits per heavy atom. The molecule has 0 radical (unpaired) electrons. The molecule has 76 valence electrons. The number of anilines is 1. The van der Waals surface area contributed by atoms with Crippen LogP contribution in [0.4, 0.5) is 5.69 Å². The minimum atomic E-state index is -0.103. The van der Waals surface area contributed by atoms with Crippen molar-refractivity contribution in [1.82, 2.24) is 0 Å². The van der Waals surface area contributed by atoms with E-state index >= 15 is 0 Å². The highest BCUT2D eigenvalue weighted by atomic mass is 32.2. The molecule has 0 saturated heterocycles. The summed E-state index contributed by atoms with van der Waals surface area (Å²) in [6, 6.07) is 9.71. The summed E-state index contributed by atoms with van der Waals surface area (Å²) in [5, 5.41) is 8.59. The minimum absolute atomic E-state index is 0.0141. The van der Waals surface area contributed by atoms with Crippen molar-refractivity contribution < 1.29 is 4.79 Å². The van der Waals surface area contributed by atoms with Gasteiger partial charge in [0.15, 0.2) is 0 Å². The number of thioether (sulfide) groups is 1. The molecule has 0 aliphatic carbocycles. The molecular weight excluding hydrogens is 208 g/mol. The van der Waals surface area contributed by atoms with Crippen LogP contribution < -0.4 is 4.90 Å². The van der Waals surface area contributed by atoms with Gasteiger partial charge in [-0.15, -0.1) is 11.8 Å². The van der Waals surface area contributed by atoms with E-state index in [0.29, 0.717) is 0 Å². The van der Waals surface area contributed by atoms with Gasteiger partial charge >= 0.3 is 0 Å². The minimum Gasteiger partial charge on any atom is -0.297 e. The molecule has 3 nitrogen and oxygen atoms in total. The summed E-state index contributed by atoms with van der Waals surface area (Å²) in [5.41, 5.74) is 0.854. The molecule has 1 aromatic carbocycles. The van der Waals surface area contributed by atoms with Gasteiger partial charge in [0, 0.05) is 4.90 Å². The van der Waals surface area contributed by atoms with E-state index in [-0.39, 0.29) is 17.7 Å². The van der Waals surface area contributed by atoms with Crippen LogP contribution in [0.2, 0.25) is 0 Å². The SMILES string of the molecule is CC1Sc2ccccc2N(CC#N)C1=O.